The normalized spacial score (nSPS) is 19.7. The largest absolute Gasteiger partial charge is 0.309 e. The minimum atomic E-state index is -0.376. The van der Waals surface area contributed by atoms with Gasteiger partial charge in [-0.15, -0.1) is 0 Å². The summed E-state index contributed by atoms with van der Waals surface area (Å²) in [6.45, 7) is 0.526. The SMILES string of the molecule is O=[N+]([O-])c1cc(Cl)ccc1CNC1CCCSC1. The Hall–Kier alpha value is -0.780. The van der Waals surface area contributed by atoms with Gasteiger partial charge in [-0.3, -0.25) is 10.1 Å². The van der Waals surface area contributed by atoms with E-state index in [4.69, 9.17) is 11.6 Å². The Bertz CT molecular complexity index is 436. The maximum absolute atomic E-state index is 10.9. The summed E-state index contributed by atoms with van der Waals surface area (Å²) < 4.78 is 0. The number of nitrogens with one attached hydrogen (secondary N) is 1. The van der Waals surface area contributed by atoms with Gasteiger partial charge in [-0.2, -0.15) is 11.8 Å². The van der Waals surface area contributed by atoms with E-state index in [9.17, 15) is 10.1 Å². The van der Waals surface area contributed by atoms with Gasteiger partial charge < -0.3 is 5.32 Å². The molecule has 6 heteroatoms. The zero-order chi connectivity index (χ0) is 13.0. The molecule has 1 fully saturated rings. The first-order valence-corrected chi connectivity index (χ1v) is 7.44. The van der Waals surface area contributed by atoms with E-state index in [1.54, 1.807) is 12.1 Å². The van der Waals surface area contributed by atoms with E-state index in [0.29, 0.717) is 23.2 Å². The quantitative estimate of drug-likeness (QED) is 0.682. The molecule has 4 nitrogen and oxygen atoms in total. The minimum Gasteiger partial charge on any atom is -0.309 e. The number of rotatable bonds is 4. The highest BCUT2D eigenvalue weighted by Crippen LogP contribution is 2.24. The second-order valence-electron chi connectivity index (χ2n) is 4.33. The van der Waals surface area contributed by atoms with Crippen molar-refractivity contribution in [3.63, 3.8) is 0 Å². The molecule has 0 aliphatic carbocycles. The van der Waals surface area contributed by atoms with E-state index >= 15 is 0 Å². The summed E-state index contributed by atoms with van der Waals surface area (Å²) in [7, 11) is 0. The number of hydrogen-bond acceptors (Lipinski definition) is 4. The zero-order valence-electron chi connectivity index (χ0n) is 9.89. The molecule has 2 rings (SSSR count). The van der Waals surface area contributed by atoms with Crippen molar-refractivity contribution in [2.24, 2.45) is 0 Å². The lowest BCUT2D eigenvalue weighted by Crippen LogP contribution is -2.33. The molecular weight excluding hydrogens is 272 g/mol. The first kappa shape index (κ1) is 13.6. The summed E-state index contributed by atoms with van der Waals surface area (Å²) in [6.07, 6.45) is 2.36. The Morgan fingerprint density at radius 2 is 2.39 bits per heavy atom. The fourth-order valence-corrected chi connectivity index (χ4v) is 3.29. The molecule has 1 aromatic carbocycles. The third kappa shape index (κ3) is 3.60. The Balaban J connectivity index is 2.01. The maximum Gasteiger partial charge on any atom is 0.275 e. The van der Waals surface area contributed by atoms with Gasteiger partial charge in [0, 0.05) is 35.0 Å². The van der Waals surface area contributed by atoms with Crippen molar-refractivity contribution in [3.8, 4) is 0 Å². The summed E-state index contributed by atoms with van der Waals surface area (Å²) in [5.41, 5.74) is 0.790. The third-order valence-electron chi connectivity index (χ3n) is 2.99. The van der Waals surface area contributed by atoms with Crippen LogP contribution >= 0.6 is 23.4 Å². The van der Waals surface area contributed by atoms with Crippen LogP contribution in [0.2, 0.25) is 5.02 Å². The topological polar surface area (TPSA) is 55.2 Å². The molecular formula is C12H15ClN2O2S. The van der Waals surface area contributed by atoms with Gasteiger partial charge in [0.1, 0.15) is 0 Å². The minimum absolute atomic E-state index is 0.0958. The summed E-state index contributed by atoms with van der Waals surface area (Å²) in [4.78, 5) is 10.6. The number of nitro benzene ring substituents is 1. The lowest BCUT2D eigenvalue weighted by atomic mass is 10.1. The van der Waals surface area contributed by atoms with Crippen molar-refractivity contribution in [3.05, 3.63) is 38.9 Å². The van der Waals surface area contributed by atoms with Gasteiger partial charge in [0.25, 0.3) is 5.69 Å². The van der Waals surface area contributed by atoms with Crippen molar-refractivity contribution in [1.29, 1.82) is 0 Å². The van der Waals surface area contributed by atoms with Crippen LogP contribution in [-0.4, -0.2) is 22.5 Å². The van der Waals surface area contributed by atoms with E-state index in [0.717, 1.165) is 12.2 Å². The summed E-state index contributed by atoms with van der Waals surface area (Å²) in [5.74, 6) is 2.31. The molecule has 1 atom stereocenters. The number of thioether (sulfide) groups is 1. The number of hydrogen-bond donors (Lipinski definition) is 1. The smallest absolute Gasteiger partial charge is 0.275 e. The van der Waals surface area contributed by atoms with Crippen LogP contribution in [0.15, 0.2) is 18.2 Å². The van der Waals surface area contributed by atoms with Crippen molar-refractivity contribution in [2.75, 3.05) is 11.5 Å². The van der Waals surface area contributed by atoms with Crippen LogP contribution in [0.4, 0.5) is 5.69 Å². The van der Waals surface area contributed by atoms with Crippen molar-refractivity contribution in [2.45, 2.75) is 25.4 Å². The molecule has 1 heterocycles. The molecule has 0 spiro atoms. The van der Waals surface area contributed by atoms with E-state index in [2.05, 4.69) is 5.32 Å². The summed E-state index contributed by atoms with van der Waals surface area (Å²) in [5, 5.41) is 14.7. The molecule has 0 amide bonds. The molecule has 0 bridgehead atoms. The maximum atomic E-state index is 10.9. The molecule has 1 aliphatic rings. The second kappa shape index (κ2) is 6.41. The predicted molar refractivity (Wildman–Crippen MR) is 75.3 cm³/mol. The van der Waals surface area contributed by atoms with Crippen molar-refractivity contribution >= 4 is 29.1 Å². The molecule has 1 unspecified atom stereocenters. The highest BCUT2D eigenvalue weighted by atomic mass is 35.5. The zero-order valence-corrected chi connectivity index (χ0v) is 11.5. The standard InChI is InChI=1S/C12H15ClN2O2S/c13-10-4-3-9(12(6-10)15(16)17)7-14-11-2-1-5-18-8-11/h3-4,6,11,14H,1-2,5,7-8H2. The third-order valence-corrected chi connectivity index (χ3v) is 4.44. The Labute approximate surface area is 115 Å². The molecule has 18 heavy (non-hydrogen) atoms. The van der Waals surface area contributed by atoms with Gasteiger partial charge in [0.2, 0.25) is 0 Å². The first-order valence-electron chi connectivity index (χ1n) is 5.91. The van der Waals surface area contributed by atoms with Gasteiger partial charge in [0.15, 0.2) is 0 Å². The highest BCUT2D eigenvalue weighted by Gasteiger charge is 2.17. The van der Waals surface area contributed by atoms with E-state index in [1.165, 1.54) is 18.2 Å². The van der Waals surface area contributed by atoms with Crippen LogP contribution in [0, 0.1) is 10.1 Å². The monoisotopic (exact) mass is 286 g/mol. The molecule has 1 aromatic rings. The number of nitrogens with zero attached hydrogens (tertiary/aromatic N) is 1. The Morgan fingerprint density at radius 3 is 3.06 bits per heavy atom. The number of nitro groups is 1. The van der Waals surface area contributed by atoms with E-state index < -0.39 is 0 Å². The predicted octanol–water partition coefficient (Wildman–Crippen LogP) is 3.23. The lowest BCUT2D eigenvalue weighted by Gasteiger charge is -2.22. The van der Waals surface area contributed by atoms with E-state index in [-0.39, 0.29) is 10.6 Å². The van der Waals surface area contributed by atoms with Crippen LogP contribution in [-0.2, 0) is 6.54 Å². The van der Waals surface area contributed by atoms with Crippen LogP contribution < -0.4 is 5.32 Å². The average molecular weight is 287 g/mol. The van der Waals surface area contributed by atoms with Crippen LogP contribution in [0.25, 0.3) is 0 Å². The van der Waals surface area contributed by atoms with Gasteiger partial charge in [-0.25, -0.2) is 0 Å². The second-order valence-corrected chi connectivity index (χ2v) is 5.91. The van der Waals surface area contributed by atoms with Gasteiger partial charge in [-0.1, -0.05) is 11.6 Å². The summed E-state index contributed by atoms with van der Waals surface area (Å²) in [6, 6.07) is 5.29. The molecule has 0 saturated carbocycles. The van der Waals surface area contributed by atoms with Crippen LogP contribution in [0.5, 0.6) is 0 Å². The number of benzene rings is 1. The lowest BCUT2D eigenvalue weighted by molar-refractivity contribution is -0.385. The van der Waals surface area contributed by atoms with Gasteiger partial charge >= 0.3 is 0 Å². The van der Waals surface area contributed by atoms with Gasteiger partial charge in [-0.05, 0) is 30.7 Å². The van der Waals surface area contributed by atoms with Crippen LogP contribution in [0.1, 0.15) is 18.4 Å². The van der Waals surface area contributed by atoms with E-state index in [1.807, 2.05) is 11.8 Å². The molecule has 98 valence electrons. The van der Waals surface area contributed by atoms with Crippen molar-refractivity contribution in [1.82, 2.24) is 5.32 Å². The molecule has 1 aliphatic heterocycles. The molecule has 0 radical (unpaired) electrons. The molecule has 0 aromatic heterocycles. The fourth-order valence-electron chi connectivity index (χ4n) is 2.01. The van der Waals surface area contributed by atoms with Crippen LogP contribution in [0.3, 0.4) is 0 Å². The highest BCUT2D eigenvalue weighted by molar-refractivity contribution is 7.99. The Morgan fingerprint density at radius 1 is 1.56 bits per heavy atom. The molecule has 1 N–H and O–H groups in total. The molecule has 1 saturated heterocycles. The van der Waals surface area contributed by atoms with Crippen molar-refractivity contribution < 1.29 is 4.92 Å². The Kier molecular flexibility index (Phi) is 4.86. The summed E-state index contributed by atoms with van der Waals surface area (Å²) >= 11 is 7.72. The number of halogens is 1. The van der Waals surface area contributed by atoms with Gasteiger partial charge in [0.05, 0.1) is 4.92 Å². The fraction of sp³-hybridized carbons (Fsp3) is 0.500. The first-order chi connectivity index (χ1) is 8.66. The average Bonchev–Trinajstić information content (AvgIpc) is 2.38.